The van der Waals surface area contributed by atoms with Gasteiger partial charge >= 0.3 is 0 Å². The number of ether oxygens (including phenoxy) is 1. The number of benzene rings is 2. The molecule has 1 N–H and O–H groups in total. The average Bonchev–Trinajstić information content (AvgIpc) is 3.20. The Labute approximate surface area is 164 Å². The third-order valence-corrected chi connectivity index (χ3v) is 4.57. The molecule has 4 rings (SSSR count). The zero-order valence-electron chi connectivity index (χ0n) is 15.7. The molecule has 2 heterocycles. The number of pyridine rings is 1. The molecule has 2 aromatic carbocycles. The van der Waals surface area contributed by atoms with Crippen LogP contribution in [-0.2, 0) is 13.1 Å². The normalized spacial score (nSPS) is 10.6. The van der Waals surface area contributed by atoms with E-state index in [1.165, 1.54) is 5.56 Å². The zero-order valence-corrected chi connectivity index (χ0v) is 15.7. The minimum Gasteiger partial charge on any atom is -0.494 e. The first kappa shape index (κ1) is 17.8. The van der Waals surface area contributed by atoms with Gasteiger partial charge in [-0.25, -0.2) is 9.97 Å². The number of hydrogen-bond acceptors (Lipinski definition) is 4. The molecule has 0 radical (unpaired) electrons. The number of imidazole rings is 1. The van der Waals surface area contributed by atoms with Crippen LogP contribution in [0, 0.1) is 0 Å². The van der Waals surface area contributed by atoms with E-state index in [-0.39, 0.29) is 0 Å². The highest BCUT2D eigenvalue weighted by Crippen LogP contribution is 2.29. The van der Waals surface area contributed by atoms with Gasteiger partial charge in [0.05, 0.1) is 25.7 Å². The maximum absolute atomic E-state index is 5.49. The molecule has 0 fully saturated rings. The summed E-state index contributed by atoms with van der Waals surface area (Å²) in [6.45, 7) is 1.43. The van der Waals surface area contributed by atoms with E-state index in [4.69, 9.17) is 9.72 Å². The van der Waals surface area contributed by atoms with Crippen LogP contribution in [0.4, 0.5) is 5.82 Å². The quantitative estimate of drug-likeness (QED) is 0.516. The fourth-order valence-electron chi connectivity index (χ4n) is 3.11. The SMILES string of the molecule is COc1ccc(NCc2cncn2Cc2ccccc2)nc1-c1ccccc1. The summed E-state index contributed by atoms with van der Waals surface area (Å²) in [5.41, 5.74) is 4.20. The lowest BCUT2D eigenvalue weighted by molar-refractivity contribution is 0.415. The summed E-state index contributed by atoms with van der Waals surface area (Å²) >= 11 is 0. The Bertz CT molecular complexity index is 1030. The van der Waals surface area contributed by atoms with Crippen LogP contribution in [0.2, 0.25) is 0 Å². The first-order valence-corrected chi connectivity index (χ1v) is 9.21. The molecule has 2 aromatic heterocycles. The first-order valence-electron chi connectivity index (χ1n) is 9.21. The Hall–Kier alpha value is -3.60. The van der Waals surface area contributed by atoms with Gasteiger partial charge in [-0.1, -0.05) is 60.7 Å². The summed E-state index contributed by atoms with van der Waals surface area (Å²) in [6, 6.07) is 24.3. The highest BCUT2D eigenvalue weighted by Gasteiger charge is 2.09. The molecule has 0 saturated heterocycles. The molecule has 0 atom stereocenters. The number of hydrogen-bond donors (Lipinski definition) is 1. The van der Waals surface area contributed by atoms with E-state index in [1.54, 1.807) is 7.11 Å². The number of rotatable bonds is 7. The van der Waals surface area contributed by atoms with Gasteiger partial charge in [0, 0.05) is 18.3 Å². The summed E-state index contributed by atoms with van der Waals surface area (Å²) < 4.78 is 7.63. The van der Waals surface area contributed by atoms with Crippen molar-refractivity contribution in [1.29, 1.82) is 0 Å². The van der Waals surface area contributed by atoms with Gasteiger partial charge in [0.1, 0.15) is 17.3 Å². The summed E-state index contributed by atoms with van der Waals surface area (Å²) in [5, 5.41) is 3.41. The van der Waals surface area contributed by atoms with Crippen LogP contribution in [-0.4, -0.2) is 21.6 Å². The predicted molar refractivity (Wildman–Crippen MR) is 111 cm³/mol. The van der Waals surface area contributed by atoms with Crippen LogP contribution < -0.4 is 10.1 Å². The van der Waals surface area contributed by atoms with Crippen LogP contribution in [0.1, 0.15) is 11.3 Å². The van der Waals surface area contributed by atoms with Crippen molar-refractivity contribution in [2.24, 2.45) is 0 Å². The van der Waals surface area contributed by atoms with Crippen molar-refractivity contribution in [2.45, 2.75) is 13.1 Å². The maximum atomic E-state index is 5.49. The Morgan fingerprint density at radius 3 is 2.43 bits per heavy atom. The molecule has 0 saturated carbocycles. The third-order valence-electron chi connectivity index (χ3n) is 4.57. The van der Waals surface area contributed by atoms with E-state index in [0.717, 1.165) is 35.1 Å². The minimum atomic E-state index is 0.639. The van der Waals surface area contributed by atoms with Crippen molar-refractivity contribution < 1.29 is 4.74 Å². The van der Waals surface area contributed by atoms with E-state index < -0.39 is 0 Å². The Kier molecular flexibility index (Phi) is 5.33. The minimum absolute atomic E-state index is 0.639. The second kappa shape index (κ2) is 8.39. The van der Waals surface area contributed by atoms with Crippen LogP contribution in [0.25, 0.3) is 11.3 Å². The van der Waals surface area contributed by atoms with E-state index in [0.29, 0.717) is 6.54 Å². The molecule has 0 amide bonds. The lowest BCUT2D eigenvalue weighted by Gasteiger charge is -2.13. The van der Waals surface area contributed by atoms with Gasteiger partial charge in [0.2, 0.25) is 0 Å². The summed E-state index contributed by atoms with van der Waals surface area (Å²) in [7, 11) is 1.67. The highest BCUT2D eigenvalue weighted by molar-refractivity contribution is 5.68. The Balaban J connectivity index is 1.51. The zero-order chi connectivity index (χ0) is 19.2. The molecule has 0 bridgehead atoms. The van der Waals surface area contributed by atoms with Gasteiger partial charge < -0.3 is 14.6 Å². The van der Waals surface area contributed by atoms with Gasteiger partial charge in [-0.05, 0) is 17.7 Å². The van der Waals surface area contributed by atoms with Crippen LogP contribution >= 0.6 is 0 Å². The van der Waals surface area contributed by atoms with Crippen molar-refractivity contribution in [2.75, 3.05) is 12.4 Å². The largest absolute Gasteiger partial charge is 0.494 e. The summed E-state index contributed by atoms with van der Waals surface area (Å²) in [4.78, 5) is 9.07. The molecule has 0 aliphatic heterocycles. The van der Waals surface area contributed by atoms with Crippen molar-refractivity contribution in [3.05, 3.63) is 96.6 Å². The van der Waals surface area contributed by atoms with Crippen LogP contribution in [0.3, 0.4) is 0 Å². The monoisotopic (exact) mass is 370 g/mol. The topological polar surface area (TPSA) is 52.0 Å². The fraction of sp³-hybridized carbons (Fsp3) is 0.130. The van der Waals surface area contributed by atoms with Gasteiger partial charge in [0.15, 0.2) is 0 Å². The van der Waals surface area contributed by atoms with Crippen LogP contribution in [0.15, 0.2) is 85.3 Å². The second-order valence-corrected chi connectivity index (χ2v) is 6.47. The van der Waals surface area contributed by atoms with E-state index in [9.17, 15) is 0 Å². The molecule has 0 spiro atoms. The number of aromatic nitrogens is 3. The highest BCUT2D eigenvalue weighted by atomic mass is 16.5. The number of nitrogens with one attached hydrogen (secondary N) is 1. The fourth-order valence-corrected chi connectivity index (χ4v) is 3.11. The predicted octanol–water partition coefficient (Wildman–Crippen LogP) is 4.61. The molecule has 0 aliphatic rings. The smallest absolute Gasteiger partial charge is 0.145 e. The molecule has 5 nitrogen and oxygen atoms in total. The molecule has 28 heavy (non-hydrogen) atoms. The lowest BCUT2D eigenvalue weighted by Crippen LogP contribution is -2.09. The number of methoxy groups -OCH3 is 1. The van der Waals surface area contributed by atoms with E-state index in [1.807, 2.05) is 61.1 Å². The van der Waals surface area contributed by atoms with Crippen molar-refractivity contribution in [3.8, 4) is 17.0 Å². The Morgan fingerprint density at radius 1 is 0.929 bits per heavy atom. The average molecular weight is 370 g/mol. The molecule has 0 unspecified atom stereocenters. The molecular formula is C23H22N4O. The van der Waals surface area contributed by atoms with Gasteiger partial charge in [-0.15, -0.1) is 0 Å². The standard InChI is InChI=1S/C23H22N4O/c1-28-21-12-13-22(26-23(21)19-10-6-3-7-11-19)25-15-20-14-24-17-27(20)16-18-8-4-2-5-9-18/h2-14,17H,15-16H2,1H3,(H,25,26). The van der Waals surface area contributed by atoms with Gasteiger partial charge in [-0.3, -0.25) is 0 Å². The number of anilines is 1. The summed E-state index contributed by atoms with van der Waals surface area (Å²) in [6.07, 6.45) is 3.75. The molecule has 140 valence electrons. The lowest BCUT2D eigenvalue weighted by atomic mass is 10.1. The molecule has 4 aromatic rings. The Morgan fingerprint density at radius 2 is 1.68 bits per heavy atom. The third kappa shape index (κ3) is 4.04. The van der Waals surface area contributed by atoms with Crippen molar-refractivity contribution >= 4 is 5.82 Å². The van der Waals surface area contributed by atoms with Crippen LogP contribution in [0.5, 0.6) is 5.75 Å². The maximum Gasteiger partial charge on any atom is 0.145 e. The van der Waals surface area contributed by atoms with Gasteiger partial charge in [-0.2, -0.15) is 0 Å². The van der Waals surface area contributed by atoms with Crippen molar-refractivity contribution in [1.82, 2.24) is 14.5 Å². The number of nitrogens with zero attached hydrogens (tertiary/aromatic N) is 3. The molecule has 5 heteroatoms. The first-order chi connectivity index (χ1) is 13.8. The second-order valence-electron chi connectivity index (χ2n) is 6.47. The summed E-state index contributed by atoms with van der Waals surface area (Å²) in [5.74, 6) is 1.55. The molecular weight excluding hydrogens is 348 g/mol. The molecule has 0 aliphatic carbocycles. The van der Waals surface area contributed by atoms with Crippen molar-refractivity contribution in [3.63, 3.8) is 0 Å². The van der Waals surface area contributed by atoms with E-state index in [2.05, 4.69) is 39.1 Å². The van der Waals surface area contributed by atoms with Gasteiger partial charge in [0.25, 0.3) is 0 Å². The van der Waals surface area contributed by atoms with E-state index >= 15 is 0 Å².